The molecule has 1 aliphatic heterocycles. The number of para-hydroxylation sites is 1. The zero-order valence-corrected chi connectivity index (χ0v) is 16.4. The molecule has 1 amide bonds. The molecule has 4 rings (SSSR count). The normalized spacial score (nSPS) is 17.6. The molecule has 2 N–H and O–H groups in total. The van der Waals surface area contributed by atoms with Crippen LogP contribution in [0.4, 0.5) is 5.69 Å². The summed E-state index contributed by atoms with van der Waals surface area (Å²) in [7, 11) is 4.07. The van der Waals surface area contributed by atoms with Gasteiger partial charge < -0.3 is 19.9 Å². The highest BCUT2D eigenvalue weighted by Crippen LogP contribution is 2.31. The largest absolute Gasteiger partial charge is 0.378 e. The van der Waals surface area contributed by atoms with Gasteiger partial charge in [0.05, 0.1) is 0 Å². The molecule has 0 bridgehead atoms. The van der Waals surface area contributed by atoms with Crippen LogP contribution in [-0.4, -0.2) is 44.2 Å². The molecule has 146 valence electrons. The molecule has 0 spiro atoms. The van der Waals surface area contributed by atoms with Crippen LogP contribution in [0.2, 0.25) is 0 Å². The van der Waals surface area contributed by atoms with Crippen LogP contribution in [0.15, 0.2) is 54.7 Å². The first kappa shape index (κ1) is 18.6. The van der Waals surface area contributed by atoms with Gasteiger partial charge in [-0.05, 0) is 42.2 Å². The number of aromatic amines is 1. The van der Waals surface area contributed by atoms with E-state index in [2.05, 4.69) is 63.9 Å². The van der Waals surface area contributed by atoms with Gasteiger partial charge in [-0.2, -0.15) is 0 Å². The molecule has 0 unspecified atom stereocenters. The smallest absolute Gasteiger partial charge is 0.249 e. The summed E-state index contributed by atoms with van der Waals surface area (Å²) in [5.41, 5.74) is 4.64. The van der Waals surface area contributed by atoms with Gasteiger partial charge >= 0.3 is 0 Å². The Morgan fingerprint density at radius 2 is 2.00 bits per heavy atom. The van der Waals surface area contributed by atoms with E-state index in [1.165, 1.54) is 16.5 Å². The van der Waals surface area contributed by atoms with E-state index in [0.717, 1.165) is 24.0 Å². The molecule has 1 fully saturated rings. The topological polar surface area (TPSA) is 57.4 Å². The molecule has 1 aliphatic rings. The molecule has 5 nitrogen and oxygen atoms in total. The standard InChI is InChI=1S/C23H27N3O2/c1-26(2)17-11-9-16(10-12-17)19(14-25-23(27)22-8-5-13-28-22)20-15-24-21-7-4-3-6-18(20)21/h3-4,6-7,9-12,15,19,22,24H,5,8,13-14H2,1-2H3,(H,25,27)/t19-,22-/m1/s1. The average molecular weight is 377 g/mol. The van der Waals surface area contributed by atoms with E-state index < -0.39 is 0 Å². The van der Waals surface area contributed by atoms with Crippen LogP contribution >= 0.6 is 0 Å². The van der Waals surface area contributed by atoms with Crippen molar-refractivity contribution in [3.8, 4) is 0 Å². The molecule has 1 saturated heterocycles. The minimum atomic E-state index is -0.306. The molecule has 0 radical (unpaired) electrons. The van der Waals surface area contributed by atoms with E-state index in [-0.39, 0.29) is 17.9 Å². The van der Waals surface area contributed by atoms with E-state index in [4.69, 9.17) is 4.74 Å². The molecular formula is C23H27N3O2. The average Bonchev–Trinajstić information content (AvgIpc) is 3.39. The molecule has 1 aromatic heterocycles. The summed E-state index contributed by atoms with van der Waals surface area (Å²) < 4.78 is 5.53. The Morgan fingerprint density at radius 1 is 1.21 bits per heavy atom. The number of nitrogens with one attached hydrogen (secondary N) is 2. The fourth-order valence-electron chi connectivity index (χ4n) is 3.90. The molecule has 0 aliphatic carbocycles. The maximum Gasteiger partial charge on any atom is 0.249 e. The zero-order chi connectivity index (χ0) is 19.5. The van der Waals surface area contributed by atoms with Gasteiger partial charge in [-0.1, -0.05) is 30.3 Å². The Morgan fingerprint density at radius 3 is 2.71 bits per heavy atom. The molecule has 28 heavy (non-hydrogen) atoms. The number of carbonyl (C=O) groups is 1. The number of benzene rings is 2. The number of anilines is 1. The first-order valence-electron chi connectivity index (χ1n) is 9.86. The third-order valence-electron chi connectivity index (χ3n) is 5.51. The number of aromatic nitrogens is 1. The van der Waals surface area contributed by atoms with Gasteiger partial charge in [-0.25, -0.2) is 0 Å². The minimum Gasteiger partial charge on any atom is -0.378 e. The lowest BCUT2D eigenvalue weighted by Gasteiger charge is -2.21. The Kier molecular flexibility index (Phi) is 5.35. The maximum atomic E-state index is 12.5. The van der Waals surface area contributed by atoms with Crippen molar-refractivity contribution in [1.82, 2.24) is 10.3 Å². The lowest BCUT2D eigenvalue weighted by Crippen LogP contribution is -2.36. The summed E-state index contributed by atoms with van der Waals surface area (Å²) >= 11 is 0. The number of carbonyl (C=O) groups excluding carboxylic acids is 1. The van der Waals surface area contributed by atoms with Gasteiger partial charge in [-0.15, -0.1) is 0 Å². The fourth-order valence-corrected chi connectivity index (χ4v) is 3.90. The van der Waals surface area contributed by atoms with E-state index in [1.54, 1.807) is 0 Å². The number of amides is 1. The van der Waals surface area contributed by atoms with Crippen molar-refractivity contribution in [3.05, 3.63) is 65.9 Å². The summed E-state index contributed by atoms with van der Waals surface area (Å²) in [6, 6.07) is 16.8. The number of H-pyrrole nitrogens is 1. The minimum absolute atomic E-state index is 0.00717. The monoisotopic (exact) mass is 377 g/mol. The fraction of sp³-hybridized carbons (Fsp3) is 0.348. The molecule has 2 aromatic carbocycles. The quantitative estimate of drug-likeness (QED) is 0.689. The van der Waals surface area contributed by atoms with E-state index in [9.17, 15) is 4.79 Å². The predicted molar refractivity (Wildman–Crippen MR) is 113 cm³/mol. The van der Waals surface area contributed by atoms with Gasteiger partial charge in [0.15, 0.2) is 0 Å². The number of hydrogen-bond donors (Lipinski definition) is 2. The maximum absolute atomic E-state index is 12.5. The second kappa shape index (κ2) is 8.07. The molecule has 2 heterocycles. The van der Waals surface area contributed by atoms with Crippen LogP contribution in [0.3, 0.4) is 0 Å². The Labute approximate surface area is 165 Å². The van der Waals surface area contributed by atoms with Crippen molar-refractivity contribution in [3.63, 3.8) is 0 Å². The number of hydrogen-bond acceptors (Lipinski definition) is 3. The highest BCUT2D eigenvalue weighted by molar-refractivity contribution is 5.85. The predicted octanol–water partition coefficient (Wildman–Crippen LogP) is 3.66. The van der Waals surface area contributed by atoms with Crippen molar-refractivity contribution in [2.45, 2.75) is 24.9 Å². The Balaban J connectivity index is 1.63. The summed E-state index contributed by atoms with van der Waals surface area (Å²) in [4.78, 5) is 18.0. The molecule has 3 aromatic rings. The first-order chi connectivity index (χ1) is 13.6. The van der Waals surface area contributed by atoms with Crippen LogP contribution in [-0.2, 0) is 9.53 Å². The number of nitrogens with zero attached hydrogens (tertiary/aromatic N) is 1. The van der Waals surface area contributed by atoms with Crippen LogP contribution in [0.1, 0.15) is 29.9 Å². The summed E-state index contributed by atoms with van der Waals surface area (Å²) in [6.45, 7) is 1.22. The third kappa shape index (κ3) is 3.76. The Hall–Kier alpha value is -2.79. The van der Waals surface area contributed by atoms with E-state index >= 15 is 0 Å². The molecule has 5 heteroatoms. The third-order valence-corrected chi connectivity index (χ3v) is 5.51. The summed E-state index contributed by atoms with van der Waals surface area (Å²) in [5, 5.41) is 4.32. The lowest BCUT2D eigenvalue weighted by atomic mass is 9.90. The number of rotatable bonds is 6. The lowest BCUT2D eigenvalue weighted by molar-refractivity contribution is -0.130. The van der Waals surface area contributed by atoms with Crippen LogP contribution in [0.5, 0.6) is 0 Å². The van der Waals surface area contributed by atoms with Gasteiger partial charge in [0.2, 0.25) is 5.91 Å². The van der Waals surface area contributed by atoms with Gasteiger partial charge in [0.1, 0.15) is 6.10 Å². The van der Waals surface area contributed by atoms with Gasteiger partial charge in [0.25, 0.3) is 0 Å². The van der Waals surface area contributed by atoms with Crippen LogP contribution < -0.4 is 10.2 Å². The zero-order valence-electron chi connectivity index (χ0n) is 16.4. The highest BCUT2D eigenvalue weighted by Gasteiger charge is 2.25. The summed E-state index contributed by atoms with van der Waals surface area (Å²) in [5.74, 6) is 0.0602. The highest BCUT2D eigenvalue weighted by atomic mass is 16.5. The van der Waals surface area contributed by atoms with Gasteiger partial charge in [0, 0.05) is 56.0 Å². The van der Waals surface area contributed by atoms with Crippen molar-refractivity contribution in [2.75, 3.05) is 32.1 Å². The summed E-state index contributed by atoms with van der Waals surface area (Å²) in [6.07, 6.45) is 3.52. The Bertz CT molecular complexity index is 940. The molecular weight excluding hydrogens is 350 g/mol. The van der Waals surface area contributed by atoms with E-state index in [0.29, 0.717) is 13.2 Å². The first-order valence-corrected chi connectivity index (χ1v) is 9.86. The van der Waals surface area contributed by atoms with Crippen molar-refractivity contribution in [1.29, 1.82) is 0 Å². The van der Waals surface area contributed by atoms with Crippen molar-refractivity contribution in [2.24, 2.45) is 0 Å². The second-order valence-corrected chi connectivity index (χ2v) is 7.57. The van der Waals surface area contributed by atoms with Crippen molar-refractivity contribution >= 4 is 22.5 Å². The van der Waals surface area contributed by atoms with Crippen LogP contribution in [0, 0.1) is 0 Å². The van der Waals surface area contributed by atoms with Gasteiger partial charge in [-0.3, -0.25) is 4.79 Å². The SMILES string of the molecule is CN(C)c1ccc([C@@H](CNC(=O)[C@H]2CCCO2)c2c[nH]c3ccccc23)cc1. The second-order valence-electron chi connectivity index (χ2n) is 7.57. The molecule has 2 atom stereocenters. The van der Waals surface area contributed by atoms with Crippen molar-refractivity contribution < 1.29 is 9.53 Å². The molecule has 0 saturated carbocycles. The van der Waals surface area contributed by atoms with E-state index in [1.807, 2.05) is 20.2 Å². The number of fused-ring (bicyclic) bond motifs is 1. The number of ether oxygens (including phenoxy) is 1. The van der Waals surface area contributed by atoms with Crippen LogP contribution in [0.25, 0.3) is 10.9 Å².